The third-order valence-electron chi connectivity index (χ3n) is 4.87. The second-order valence-corrected chi connectivity index (χ2v) is 7.72. The van der Waals surface area contributed by atoms with Gasteiger partial charge in [0, 0.05) is 12.2 Å². The summed E-state index contributed by atoms with van der Waals surface area (Å²) in [6.45, 7) is 11.2. The molecule has 6 atom stereocenters. The standard InChI is InChI=1S/C19H28O6/c1-10(2)9-24-16-15-12(4)18(22)25-13(15)8-11(3)6-7-14(20)19(5,23)17(16)21/h6-7,10-11,13,15-17,21,23H,4,8-9H2,1-3,5H3/b7-6-/t11?,13-,15+,16+,17-,19+/m1/s1. The molecular formula is C19H28O6. The molecule has 0 radical (unpaired) electrons. The molecule has 2 rings (SSSR count). The van der Waals surface area contributed by atoms with Crippen LogP contribution in [-0.2, 0) is 19.1 Å². The van der Waals surface area contributed by atoms with Gasteiger partial charge in [0.25, 0.3) is 0 Å². The summed E-state index contributed by atoms with van der Waals surface area (Å²) >= 11 is 0. The maximum atomic E-state index is 12.4. The largest absolute Gasteiger partial charge is 0.458 e. The molecule has 0 aromatic carbocycles. The summed E-state index contributed by atoms with van der Waals surface area (Å²) in [5.41, 5.74) is -1.83. The molecule has 2 aliphatic rings. The molecule has 0 amide bonds. The number of ether oxygens (including phenoxy) is 2. The van der Waals surface area contributed by atoms with Crippen molar-refractivity contribution < 1.29 is 29.3 Å². The van der Waals surface area contributed by atoms with Crippen LogP contribution in [0.4, 0.5) is 0 Å². The minimum absolute atomic E-state index is 0.0491. The van der Waals surface area contributed by atoms with Gasteiger partial charge in [-0.3, -0.25) is 4.79 Å². The number of hydrogen-bond acceptors (Lipinski definition) is 6. The molecule has 140 valence electrons. The number of rotatable bonds is 3. The lowest BCUT2D eigenvalue weighted by atomic mass is 9.77. The number of fused-ring (bicyclic) bond motifs is 1. The Morgan fingerprint density at radius 2 is 2.08 bits per heavy atom. The van der Waals surface area contributed by atoms with E-state index in [4.69, 9.17) is 9.47 Å². The van der Waals surface area contributed by atoms with Gasteiger partial charge in [-0.1, -0.05) is 33.4 Å². The van der Waals surface area contributed by atoms with Crippen molar-refractivity contribution in [2.75, 3.05) is 6.61 Å². The molecule has 1 saturated heterocycles. The van der Waals surface area contributed by atoms with Crippen LogP contribution >= 0.6 is 0 Å². The number of carbonyl (C=O) groups is 2. The topological polar surface area (TPSA) is 93.1 Å². The van der Waals surface area contributed by atoms with Crippen molar-refractivity contribution in [2.24, 2.45) is 17.8 Å². The zero-order valence-electron chi connectivity index (χ0n) is 15.3. The smallest absolute Gasteiger partial charge is 0.334 e. The molecule has 0 aromatic rings. The Bertz CT molecular complexity index is 576. The van der Waals surface area contributed by atoms with Gasteiger partial charge >= 0.3 is 5.97 Å². The fraction of sp³-hybridized carbons (Fsp3) is 0.684. The monoisotopic (exact) mass is 352 g/mol. The molecule has 6 heteroatoms. The fourth-order valence-electron chi connectivity index (χ4n) is 3.28. The van der Waals surface area contributed by atoms with Crippen molar-refractivity contribution in [3.63, 3.8) is 0 Å². The van der Waals surface area contributed by atoms with E-state index in [1.54, 1.807) is 6.08 Å². The van der Waals surface area contributed by atoms with Gasteiger partial charge in [-0.05, 0) is 31.3 Å². The van der Waals surface area contributed by atoms with E-state index in [2.05, 4.69) is 6.58 Å². The molecule has 0 bridgehead atoms. The average Bonchev–Trinajstić information content (AvgIpc) is 2.79. The van der Waals surface area contributed by atoms with Crippen LogP contribution in [0.5, 0.6) is 0 Å². The lowest BCUT2D eigenvalue weighted by Gasteiger charge is -2.38. The van der Waals surface area contributed by atoms with Gasteiger partial charge in [-0.2, -0.15) is 0 Å². The van der Waals surface area contributed by atoms with Gasteiger partial charge in [-0.25, -0.2) is 4.79 Å². The number of hydrogen-bond donors (Lipinski definition) is 2. The Hall–Kier alpha value is -1.50. The SMILES string of the molecule is C=C1C(=O)O[C@@H]2CC(C)/C=C\C(=O)[C@](C)(O)[C@H](O)[C@@H](OCC(C)C)[C@@H]12. The van der Waals surface area contributed by atoms with E-state index in [-0.39, 0.29) is 17.4 Å². The van der Waals surface area contributed by atoms with Crippen LogP contribution in [0.3, 0.4) is 0 Å². The van der Waals surface area contributed by atoms with Crippen molar-refractivity contribution in [3.05, 3.63) is 24.3 Å². The molecule has 6 nitrogen and oxygen atoms in total. The van der Waals surface area contributed by atoms with E-state index < -0.39 is 41.6 Å². The Balaban J connectivity index is 2.47. The van der Waals surface area contributed by atoms with Gasteiger partial charge in [0.2, 0.25) is 0 Å². The first-order chi connectivity index (χ1) is 11.6. The average molecular weight is 352 g/mol. The van der Waals surface area contributed by atoms with Gasteiger partial charge < -0.3 is 19.7 Å². The lowest BCUT2D eigenvalue weighted by Crippen LogP contribution is -2.56. The first-order valence-electron chi connectivity index (χ1n) is 8.70. The maximum Gasteiger partial charge on any atom is 0.334 e. The second kappa shape index (κ2) is 7.40. The minimum atomic E-state index is -2.04. The summed E-state index contributed by atoms with van der Waals surface area (Å²) in [4.78, 5) is 24.4. The van der Waals surface area contributed by atoms with Crippen molar-refractivity contribution in [1.29, 1.82) is 0 Å². The molecule has 1 unspecified atom stereocenters. The van der Waals surface area contributed by atoms with E-state index in [1.165, 1.54) is 13.0 Å². The summed E-state index contributed by atoms with van der Waals surface area (Å²) in [5.74, 6) is -1.62. The Morgan fingerprint density at radius 3 is 2.68 bits per heavy atom. The van der Waals surface area contributed by atoms with Crippen LogP contribution in [0.25, 0.3) is 0 Å². The highest BCUT2D eigenvalue weighted by molar-refractivity contribution is 5.97. The highest BCUT2D eigenvalue weighted by Crippen LogP contribution is 2.38. The van der Waals surface area contributed by atoms with E-state index in [0.717, 1.165) is 0 Å². The van der Waals surface area contributed by atoms with Crippen LogP contribution in [0.15, 0.2) is 24.3 Å². The number of carbonyl (C=O) groups excluding carboxylic acids is 2. The molecule has 0 saturated carbocycles. The minimum Gasteiger partial charge on any atom is -0.458 e. The first kappa shape index (κ1) is 19.8. The quantitative estimate of drug-likeness (QED) is 0.589. The van der Waals surface area contributed by atoms with Crippen LogP contribution in [0, 0.1) is 17.8 Å². The molecule has 1 aliphatic carbocycles. The summed E-state index contributed by atoms with van der Waals surface area (Å²) in [5, 5.41) is 21.4. The molecular weight excluding hydrogens is 324 g/mol. The summed E-state index contributed by atoms with van der Waals surface area (Å²) in [6, 6.07) is 0. The molecule has 1 heterocycles. The van der Waals surface area contributed by atoms with Crippen LogP contribution in [-0.4, -0.2) is 52.5 Å². The zero-order valence-corrected chi connectivity index (χ0v) is 15.3. The number of aliphatic hydroxyl groups excluding tert-OH is 1. The van der Waals surface area contributed by atoms with Crippen LogP contribution in [0.2, 0.25) is 0 Å². The first-order valence-corrected chi connectivity index (χ1v) is 8.70. The van der Waals surface area contributed by atoms with Crippen LogP contribution < -0.4 is 0 Å². The molecule has 1 fully saturated rings. The summed E-state index contributed by atoms with van der Waals surface area (Å²) < 4.78 is 11.3. The van der Waals surface area contributed by atoms with Gasteiger partial charge in [0.1, 0.15) is 12.2 Å². The molecule has 0 aromatic heterocycles. The van der Waals surface area contributed by atoms with E-state index >= 15 is 0 Å². The lowest BCUT2D eigenvalue weighted by molar-refractivity contribution is -0.170. The predicted octanol–water partition coefficient (Wildman–Crippen LogP) is 1.40. The molecule has 1 aliphatic heterocycles. The Kier molecular flexibility index (Phi) is 5.86. The Labute approximate surface area is 148 Å². The number of allylic oxidation sites excluding steroid dienone is 1. The Morgan fingerprint density at radius 1 is 1.44 bits per heavy atom. The van der Waals surface area contributed by atoms with Crippen molar-refractivity contribution in [3.8, 4) is 0 Å². The van der Waals surface area contributed by atoms with E-state index in [1.807, 2.05) is 20.8 Å². The fourth-order valence-corrected chi connectivity index (χ4v) is 3.28. The predicted molar refractivity (Wildman–Crippen MR) is 91.6 cm³/mol. The number of aliphatic hydroxyl groups is 2. The highest BCUT2D eigenvalue weighted by atomic mass is 16.6. The number of esters is 1. The number of ketones is 1. The summed E-state index contributed by atoms with van der Waals surface area (Å²) in [6.07, 6.45) is 0.412. The van der Waals surface area contributed by atoms with E-state index in [9.17, 15) is 19.8 Å². The summed E-state index contributed by atoms with van der Waals surface area (Å²) in [7, 11) is 0. The van der Waals surface area contributed by atoms with Gasteiger partial charge in [0.15, 0.2) is 11.4 Å². The van der Waals surface area contributed by atoms with Gasteiger partial charge in [-0.15, -0.1) is 0 Å². The third kappa shape index (κ3) is 4.02. The molecule has 2 N–H and O–H groups in total. The molecule has 25 heavy (non-hydrogen) atoms. The van der Waals surface area contributed by atoms with Gasteiger partial charge in [0.05, 0.1) is 12.0 Å². The van der Waals surface area contributed by atoms with Crippen molar-refractivity contribution in [1.82, 2.24) is 0 Å². The normalized spacial score (nSPS) is 40.8. The van der Waals surface area contributed by atoms with E-state index in [0.29, 0.717) is 13.0 Å². The zero-order chi connectivity index (χ0) is 18.9. The second-order valence-electron chi connectivity index (χ2n) is 7.72. The third-order valence-corrected chi connectivity index (χ3v) is 4.87. The van der Waals surface area contributed by atoms with Crippen LogP contribution in [0.1, 0.15) is 34.1 Å². The maximum absolute atomic E-state index is 12.4. The van der Waals surface area contributed by atoms with Crippen molar-refractivity contribution in [2.45, 2.75) is 58.0 Å². The van der Waals surface area contributed by atoms with Crippen molar-refractivity contribution >= 4 is 11.8 Å². The highest BCUT2D eigenvalue weighted by Gasteiger charge is 2.52. The molecule has 0 spiro atoms.